The Morgan fingerprint density at radius 2 is 1.67 bits per heavy atom. The predicted octanol–water partition coefficient (Wildman–Crippen LogP) is 3.99. The third kappa shape index (κ3) is 2.27. The van der Waals surface area contributed by atoms with Gasteiger partial charge in [0.15, 0.2) is 0 Å². The van der Waals surface area contributed by atoms with E-state index in [1.165, 1.54) is 4.90 Å². The molecule has 118 valence electrons. The Morgan fingerprint density at radius 3 is 2.33 bits per heavy atom. The van der Waals surface area contributed by atoms with E-state index in [9.17, 15) is 9.59 Å². The Labute approximate surface area is 143 Å². The number of fused-ring (bicyclic) bond motifs is 2. The number of benzene rings is 2. The molecule has 1 aromatic heterocycles. The van der Waals surface area contributed by atoms with Crippen LogP contribution in [0.4, 0.5) is 0 Å². The van der Waals surface area contributed by atoms with Gasteiger partial charge in [0.25, 0.3) is 11.8 Å². The molecule has 0 bridgehead atoms. The number of carbonyl (C=O) groups is 2. The van der Waals surface area contributed by atoms with Crippen molar-refractivity contribution in [2.24, 2.45) is 0 Å². The fourth-order valence-electron chi connectivity index (χ4n) is 2.97. The maximum absolute atomic E-state index is 12.4. The molecule has 0 N–H and O–H groups in total. The van der Waals surface area contributed by atoms with Gasteiger partial charge in [0.1, 0.15) is 5.15 Å². The van der Waals surface area contributed by atoms with Gasteiger partial charge in [-0.2, -0.15) is 0 Å². The van der Waals surface area contributed by atoms with Crippen LogP contribution in [0.15, 0.2) is 48.5 Å². The van der Waals surface area contributed by atoms with Gasteiger partial charge in [0, 0.05) is 5.39 Å². The molecule has 4 nitrogen and oxygen atoms in total. The van der Waals surface area contributed by atoms with E-state index in [1.54, 1.807) is 24.3 Å². The average molecular weight is 337 g/mol. The number of imide groups is 1. The first-order valence-corrected chi connectivity index (χ1v) is 7.93. The number of hydrogen-bond acceptors (Lipinski definition) is 3. The Hall–Kier alpha value is -2.72. The molecule has 1 aliphatic rings. The van der Waals surface area contributed by atoms with Crippen molar-refractivity contribution in [3.05, 3.63) is 75.9 Å². The minimum absolute atomic E-state index is 0.240. The van der Waals surface area contributed by atoms with Crippen LogP contribution >= 0.6 is 11.6 Å². The van der Waals surface area contributed by atoms with Gasteiger partial charge in [0.2, 0.25) is 0 Å². The Morgan fingerprint density at radius 1 is 1.00 bits per heavy atom. The largest absolute Gasteiger partial charge is 0.270 e. The molecule has 24 heavy (non-hydrogen) atoms. The van der Waals surface area contributed by atoms with E-state index in [0.717, 1.165) is 22.0 Å². The van der Waals surface area contributed by atoms with Crippen molar-refractivity contribution in [2.75, 3.05) is 0 Å². The quantitative estimate of drug-likeness (QED) is 0.525. The van der Waals surface area contributed by atoms with Gasteiger partial charge in [-0.3, -0.25) is 14.5 Å². The smallest absolute Gasteiger partial charge is 0.261 e. The highest BCUT2D eigenvalue weighted by Crippen LogP contribution is 2.26. The molecule has 0 spiro atoms. The number of hydrogen-bond donors (Lipinski definition) is 0. The van der Waals surface area contributed by atoms with Crippen molar-refractivity contribution in [3.63, 3.8) is 0 Å². The monoisotopic (exact) mass is 336 g/mol. The number of pyridine rings is 1. The molecule has 0 radical (unpaired) electrons. The summed E-state index contributed by atoms with van der Waals surface area (Å²) < 4.78 is 0. The van der Waals surface area contributed by atoms with Gasteiger partial charge in [-0.25, -0.2) is 4.98 Å². The second-order valence-corrected chi connectivity index (χ2v) is 6.22. The summed E-state index contributed by atoms with van der Waals surface area (Å²) in [5.41, 5.74) is 3.49. The summed E-state index contributed by atoms with van der Waals surface area (Å²) in [6.07, 6.45) is 0. The fourth-order valence-corrected chi connectivity index (χ4v) is 3.12. The highest BCUT2D eigenvalue weighted by Gasteiger charge is 2.34. The summed E-state index contributed by atoms with van der Waals surface area (Å²) in [5.74, 6) is -0.498. The van der Waals surface area contributed by atoms with Gasteiger partial charge in [0.05, 0.1) is 23.2 Å². The molecular formula is C19H13ClN2O2. The first-order valence-electron chi connectivity index (χ1n) is 7.55. The van der Waals surface area contributed by atoms with Crippen LogP contribution in [-0.4, -0.2) is 21.7 Å². The zero-order valence-corrected chi connectivity index (χ0v) is 13.7. The number of halogens is 1. The number of aryl methyl sites for hydroxylation is 1. The molecule has 4 rings (SSSR count). The maximum Gasteiger partial charge on any atom is 0.261 e. The van der Waals surface area contributed by atoms with E-state index in [4.69, 9.17) is 11.6 Å². The fraction of sp³-hybridized carbons (Fsp3) is 0.105. The van der Waals surface area contributed by atoms with Crippen molar-refractivity contribution in [3.8, 4) is 0 Å². The molecule has 0 saturated carbocycles. The van der Waals surface area contributed by atoms with Gasteiger partial charge in [-0.1, -0.05) is 29.8 Å². The minimum atomic E-state index is -0.249. The lowest BCUT2D eigenvalue weighted by Crippen LogP contribution is -2.29. The first-order chi connectivity index (χ1) is 11.5. The van der Waals surface area contributed by atoms with Crippen molar-refractivity contribution in [1.82, 2.24) is 9.88 Å². The van der Waals surface area contributed by atoms with E-state index >= 15 is 0 Å². The zero-order valence-electron chi connectivity index (χ0n) is 12.9. The molecular weight excluding hydrogens is 324 g/mol. The number of amides is 2. The van der Waals surface area contributed by atoms with E-state index in [-0.39, 0.29) is 18.4 Å². The topological polar surface area (TPSA) is 50.3 Å². The summed E-state index contributed by atoms with van der Waals surface area (Å²) in [4.78, 5) is 30.5. The molecule has 2 amide bonds. The first kappa shape index (κ1) is 14.8. The summed E-state index contributed by atoms with van der Waals surface area (Å²) in [6.45, 7) is 2.13. The number of nitrogens with zero attached hydrogens (tertiary/aromatic N) is 2. The van der Waals surface area contributed by atoms with Crippen molar-refractivity contribution in [1.29, 1.82) is 0 Å². The average Bonchev–Trinajstić information content (AvgIpc) is 2.82. The van der Waals surface area contributed by atoms with Gasteiger partial charge in [-0.05, 0) is 48.4 Å². The Balaban J connectivity index is 1.69. The molecule has 0 saturated heterocycles. The molecule has 5 heteroatoms. The zero-order chi connectivity index (χ0) is 16.8. The summed E-state index contributed by atoms with van der Waals surface area (Å²) in [7, 11) is 0. The highest BCUT2D eigenvalue weighted by atomic mass is 35.5. The molecule has 2 heterocycles. The molecule has 1 aliphatic heterocycles. The van der Waals surface area contributed by atoms with Crippen LogP contribution in [0, 0.1) is 6.92 Å². The van der Waals surface area contributed by atoms with Crippen LogP contribution < -0.4 is 0 Å². The van der Waals surface area contributed by atoms with E-state index < -0.39 is 0 Å². The van der Waals surface area contributed by atoms with Crippen molar-refractivity contribution < 1.29 is 9.59 Å². The lowest BCUT2D eigenvalue weighted by molar-refractivity contribution is 0.0642. The standard InChI is InChI=1S/C19H13ClN2O2/c1-11-8-13-9-12(6-7-16(13)21-17(11)20)10-22-18(23)14-4-2-3-5-15(14)19(22)24/h2-9H,10H2,1H3. The lowest BCUT2D eigenvalue weighted by atomic mass is 10.1. The van der Waals surface area contributed by atoms with E-state index in [2.05, 4.69) is 4.98 Å². The van der Waals surface area contributed by atoms with Crippen LogP contribution in [0.5, 0.6) is 0 Å². The lowest BCUT2D eigenvalue weighted by Gasteiger charge is -2.14. The molecule has 0 fully saturated rings. The van der Waals surface area contributed by atoms with Crippen LogP contribution in [-0.2, 0) is 6.54 Å². The third-order valence-electron chi connectivity index (χ3n) is 4.23. The van der Waals surface area contributed by atoms with Crippen molar-refractivity contribution in [2.45, 2.75) is 13.5 Å². The summed E-state index contributed by atoms with van der Waals surface area (Å²) >= 11 is 6.05. The van der Waals surface area contributed by atoms with Gasteiger partial charge in [-0.15, -0.1) is 0 Å². The molecule has 0 atom stereocenters. The molecule has 0 aliphatic carbocycles. The predicted molar refractivity (Wildman–Crippen MR) is 92.1 cm³/mol. The maximum atomic E-state index is 12.4. The molecule has 2 aromatic carbocycles. The van der Waals surface area contributed by atoms with E-state index in [0.29, 0.717) is 16.3 Å². The summed E-state index contributed by atoms with van der Waals surface area (Å²) in [6, 6.07) is 14.5. The van der Waals surface area contributed by atoms with E-state index in [1.807, 2.05) is 31.2 Å². The van der Waals surface area contributed by atoms with Crippen LogP contribution in [0.25, 0.3) is 10.9 Å². The van der Waals surface area contributed by atoms with Gasteiger partial charge >= 0.3 is 0 Å². The Bertz CT molecular complexity index is 978. The normalized spacial score (nSPS) is 13.7. The van der Waals surface area contributed by atoms with Crippen molar-refractivity contribution >= 4 is 34.3 Å². The third-order valence-corrected chi connectivity index (χ3v) is 4.61. The minimum Gasteiger partial charge on any atom is -0.270 e. The Kier molecular flexibility index (Phi) is 3.36. The van der Waals surface area contributed by atoms with Crippen LogP contribution in [0.3, 0.4) is 0 Å². The highest BCUT2D eigenvalue weighted by molar-refractivity contribution is 6.30. The second kappa shape index (κ2) is 5.42. The van der Waals surface area contributed by atoms with Crippen LogP contribution in [0.2, 0.25) is 5.15 Å². The van der Waals surface area contributed by atoms with Gasteiger partial charge < -0.3 is 0 Å². The number of rotatable bonds is 2. The number of aromatic nitrogens is 1. The van der Waals surface area contributed by atoms with Crippen LogP contribution in [0.1, 0.15) is 31.8 Å². The molecule has 0 unspecified atom stereocenters. The molecule has 3 aromatic rings. The summed E-state index contributed by atoms with van der Waals surface area (Å²) in [5, 5.41) is 1.42. The second-order valence-electron chi connectivity index (χ2n) is 5.87. The SMILES string of the molecule is Cc1cc2cc(CN3C(=O)c4ccccc4C3=O)ccc2nc1Cl. The number of carbonyl (C=O) groups excluding carboxylic acids is 2.